The molecule has 1 aromatic heterocycles. The van der Waals surface area contributed by atoms with Crippen molar-refractivity contribution in [3.63, 3.8) is 0 Å². The van der Waals surface area contributed by atoms with E-state index in [0.29, 0.717) is 25.3 Å². The minimum Gasteiger partial charge on any atom is -0.408 e. The number of hydrogen-bond donors (Lipinski definition) is 2. The van der Waals surface area contributed by atoms with Crippen LogP contribution in [0.25, 0.3) is 0 Å². The first-order valence-corrected chi connectivity index (χ1v) is 7.40. The lowest BCUT2D eigenvalue weighted by Gasteiger charge is -2.21. The Hall–Kier alpha value is -1.15. The minimum atomic E-state index is -2.93. The first kappa shape index (κ1) is 12.3. The third kappa shape index (κ3) is 3.40. The van der Waals surface area contributed by atoms with Gasteiger partial charge in [0.15, 0.2) is 9.84 Å². The monoisotopic (exact) mass is 260 g/mol. The highest BCUT2D eigenvalue weighted by Gasteiger charge is 2.25. The van der Waals surface area contributed by atoms with Crippen molar-refractivity contribution in [1.29, 1.82) is 0 Å². The Labute approximate surface area is 99.7 Å². The Balaban J connectivity index is 1.95. The van der Waals surface area contributed by atoms with E-state index in [1.54, 1.807) is 0 Å². The maximum absolute atomic E-state index is 11.4. The van der Waals surface area contributed by atoms with Crippen molar-refractivity contribution in [2.24, 2.45) is 5.73 Å². The van der Waals surface area contributed by atoms with Crippen LogP contribution in [0.1, 0.15) is 18.7 Å². The van der Waals surface area contributed by atoms with Crippen LogP contribution in [0.15, 0.2) is 4.42 Å². The highest BCUT2D eigenvalue weighted by atomic mass is 32.2. The lowest BCUT2D eigenvalue weighted by atomic mass is 10.2. The maximum atomic E-state index is 11.4. The van der Waals surface area contributed by atoms with Gasteiger partial charge in [-0.2, -0.15) is 0 Å². The van der Waals surface area contributed by atoms with Gasteiger partial charge in [-0.1, -0.05) is 5.10 Å². The number of nitrogens with zero attached hydrogens (tertiary/aromatic N) is 2. The van der Waals surface area contributed by atoms with Crippen LogP contribution in [0.4, 0.5) is 6.01 Å². The van der Waals surface area contributed by atoms with E-state index >= 15 is 0 Å². The second-order valence-electron chi connectivity index (χ2n) is 4.14. The fraction of sp³-hybridized carbons (Fsp3) is 0.778. The highest BCUT2D eigenvalue weighted by molar-refractivity contribution is 7.91. The van der Waals surface area contributed by atoms with Crippen LogP contribution in [0, 0.1) is 0 Å². The summed E-state index contributed by atoms with van der Waals surface area (Å²) in [6.45, 7) is 0.444. The van der Waals surface area contributed by atoms with Gasteiger partial charge in [0.25, 0.3) is 0 Å². The van der Waals surface area contributed by atoms with E-state index in [-0.39, 0.29) is 23.6 Å². The van der Waals surface area contributed by atoms with Crippen molar-refractivity contribution >= 4 is 15.9 Å². The molecule has 0 saturated carbocycles. The molecule has 2 heterocycles. The molecule has 17 heavy (non-hydrogen) atoms. The third-order valence-electron chi connectivity index (χ3n) is 2.62. The summed E-state index contributed by atoms with van der Waals surface area (Å²) in [4.78, 5) is 0. The molecule has 2 rings (SSSR count). The topological polar surface area (TPSA) is 111 Å². The Morgan fingerprint density at radius 3 is 3.00 bits per heavy atom. The van der Waals surface area contributed by atoms with Gasteiger partial charge in [0.2, 0.25) is 5.89 Å². The maximum Gasteiger partial charge on any atom is 0.315 e. The van der Waals surface area contributed by atoms with Gasteiger partial charge in [-0.3, -0.25) is 0 Å². The van der Waals surface area contributed by atoms with Gasteiger partial charge in [0.1, 0.15) is 0 Å². The summed E-state index contributed by atoms with van der Waals surface area (Å²) in [6.07, 6.45) is 2.00. The number of anilines is 1. The molecule has 1 aliphatic rings. The molecule has 8 heteroatoms. The molecular formula is C9H16N4O3S. The number of nitrogens with two attached hydrogens (primary N) is 1. The van der Waals surface area contributed by atoms with Crippen molar-refractivity contribution in [1.82, 2.24) is 10.2 Å². The minimum absolute atomic E-state index is 0.127. The smallest absolute Gasteiger partial charge is 0.315 e. The molecule has 0 amide bonds. The van der Waals surface area contributed by atoms with E-state index in [4.69, 9.17) is 10.2 Å². The van der Waals surface area contributed by atoms with E-state index in [2.05, 4.69) is 15.5 Å². The fourth-order valence-electron chi connectivity index (χ4n) is 1.85. The van der Waals surface area contributed by atoms with Crippen LogP contribution in [-0.4, -0.2) is 42.7 Å². The van der Waals surface area contributed by atoms with Gasteiger partial charge >= 0.3 is 6.01 Å². The molecule has 0 spiro atoms. The van der Waals surface area contributed by atoms with Gasteiger partial charge in [-0.15, -0.1) is 5.10 Å². The molecule has 1 aliphatic heterocycles. The van der Waals surface area contributed by atoms with E-state index in [0.717, 1.165) is 6.42 Å². The van der Waals surface area contributed by atoms with E-state index < -0.39 is 9.84 Å². The number of rotatable bonds is 4. The molecule has 1 saturated heterocycles. The summed E-state index contributed by atoms with van der Waals surface area (Å²) in [7, 11) is -2.93. The summed E-state index contributed by atoms with van der Waals surface area (Å²) in [5.74, 6) is 0.864. The summed E-state index contributed by atoms with van der Waals surface area (Å²) in [5.41, 5.74) is 5.36. The van der Waals surface area contributed by atoms with Crippen LogP contribution >= 0.6 is 0 Å². The Bertz CT molecular complexity index is 470. The predicted octanol–water partition coefficient (Wildman–Crippen LogP) is -0.440. The Kier molecular flexibility index (Phi) is 3.63. The van der Waals surface area contributed by atoms with Gasteiger partial charge < -0.3 is 15.5 Å². The molecule has 1 atom stereocenters. The van der Waals surface area contributed by atoms with Crippen molar-refractivity contribution < 1.29 is 12.8 Å². The molecule has 96 valence electrons. The number of hydrogen-bond acceptors (Lipinski definition) is 7. The average Bonchev–Trinajstić information content (AvgIpc) is 2.64. The summed E-state index contributed by atoms with van der Waals surface area (Å²) >= 11 is 0. The Morgan fingerprint density at radius 2 is 2.29 bits per heavy atom. The molecule has 3 N–H and O–H groups in total. The Morgan fingerprint density at radius 1 is 1.47 bits per heavy atom. The fourth-order valence-corrected chi connectivity index (χ4v) is 3.48. The lowest BCUT2D eigenvalue weighted by Crippen LogP contribution is -2.34. The zero-order valence-electron chi connectivity index (χ0n) is 9.42. The molecular weight excluding hydrogens is 244 g/mol. The number of sulfone groups is 1. The van der Waals surface area contributed by atoms with Gasteiger partial charge in [0.05, 0.1) is 11.5 Å². The van der Waals surface area contributed by atoms with Gasteiger partial charge in [-0.25, -0.2) is 8.42 Å². The largest absolute Gasteiger partial charge is 0.408 e. The first-order chi connectivity index (χ1) is 8.09. The molecule has 1 aromatic rings. The lowest BCUT2D eigenvalue weighted by molar-refractivity contribution is 0.494. The van der Waals surface area contributed by atoms with Crippen LogP contribution in [0.5, 0.6) is 0 Å². The zero-order chi connectivity index (χ0) is 12.3. The average molecular weight is 260 g/mol. The third-order valence-corrected chi connectivity index (χ3v) is 4.44. The summed E-state index contributed by atoms with van der Waals surface area (Å²) in [5, 5.41) is 10.6. The van der Waals surface area contributed by atoms with Crippen molar-refractivity contribution in [2.45, 2.75) is 25.3 Å². The van der Waals surface area contributed by atoms with E-state index in [1.807, 2.05) is 0 Å². The molecule has 0 aromatic carbocycles. The van der Waals surface area contributed by atoms with Crippen LogP contribution < -0.4 is 11.1 Å². The van der Waals surface area contributed by atoms with Crippen LogP contribution in [-0.2, 0) is 16.3 Å². The van der Waals surface area contributed by atoms with E-state index in [1.165, 1.54) is 0 Å². The molecule has 1 unspecified atom stereocenters. The number of nitrogens with one attached hydrogen (secondary N) is 1. The second-order valence-corrected chi connectivity index (χ2v) is 6.37. The SMILES string of the molecule is NCCc1nnc(NC2CCCS(=O)(=O)C2)o1. The molecule has 0 radical (unpaired) electrons. The predicted molar refractivity (Wildman–Crippen MR) is 62.4 cm³/mol. The van der Waals surface area contributed by atoms with E-state index in [9.17, 15) is 8.42 Å². The first-order valence-electron chi connectivity index (χ1n) is 5.58. The standard InChI is InChI=1S/C9H16N4O3S/c10-4-3-8-12-13-9(16-8)11-7-2-1-5-17(14,15)6-7/h7H,1-6,10H2,(H,11,13). The van der Waals surface area contributed by atoms with Gasteiger partial charge in [-0.05, 0) is 12.8 Å². The molecule has 7 nitrogen and oxygen atoms in total. The quantitative estimate of drug-likeness (QED) is 0.754. The zero-order valence-corrected chi connectivity index (χ0v) is 10.2. The summed E-state index contributed by atoms with van der Waals surface area (Å²) in [6, 6.07) is 0.135. The van der Waals surface area contributed by atoms with Crippen LogP contribution in [0.2, 0.25) is 0 Å². The van der Waals surface area contributed by atoms with Crippen molar-refractivity contribution in [3.8, 4) is 0 Å². The van der Waals surface area contributed by atoms with Crippen molar-refractivity contribution in [2.75, 3.05) is 23.4 Å². The second kappa shape index (κ2) is 5.01. The van der Waals surface area contributed by atoms with Crippen molar-refractivity contribution in [3.05, 3.63) is 5.89 Å². The number of aromatic nitrogens is 2. The van der Waals surface area contributed by atoms with Crippen LogP contribution in [0.3, 0.4) is 0 Å². The molecule has 0 aliphatic carbocycles. The van der Waals surface area contributed by atoms with Gasteiger partial charge in [0, 0.05) is 19.0 Å². The normalized spacial score (nSPS) is 23.5. The highest BCUT2D eigenvalue weighted by Crippen LogP contribution is 2.16. The molecule has 0 bridgehead atoms. The summed E-state index contributed by atoms with van der Waals surface area (Å²) < 4.78 is 28.2. The molecule has 1 fully saturated rings.